The first-order valence-corrected chi connectivity index (χ1v) is 18.7. The van der Waals surface area contributed by atoms with Crippen LogP contribution >= 0.6 is 15.9 Å². The van der Waals surface area contributed by atoms with Crippen molar-refractivity contribution in [2.24, 2.45) is 0 Å². The van der Waals surface area contributed by atoms with Crippen LogP contribution < -0.4 is 14.2 Å². The highest BCUT2D eigenvalue weighted by Crippen LogP contribution is 2.29. The second-order valence-corrected chi connectivity index (χ2v) is 13.5. The molecule has 9 heteroatoms. The van der Waals surface area contributed by atoms with Crippen LogP contribution in [-0.4, -0.2) is 33.5 Å². The number of allylic oxidation sites excluding steroid dienone is 4. The Labute approximate surface area is 313 Å². The molecule has 4 aromatic carbocycles. The lowest BCUT2D eigenvalue weighted by atomic mass is 10.00. The average molecular weight is 761 g/mol. The molecule has 0 bridgehead atoms. The number of nitrogens with zero attached hydrogens (tertiary/aromatic N) is 3. The molecule has 266 valence electrons. The van der Waals surface area contributed by atoms with E-state index in [9.17, 15) is 9.59 Å². The van der Waals surface area contributed by atoms with Crippen molar-refractivity contribution in [2.45, 2.75) is 64.2 Å². The number of unbranched alkanes of at least 4 members (excludes halogenated alkanes) is 7. The van der Waals surface area contributed by atoms with E-state index >= 15 is 0 Å². The van der Waals surface area contributed by atoms with Gasteiger partial charge >= 0.3 is 11.9 Å². The van der Waals surface area contributed by atoms with Gasteiger partial charge in [-0.15, -0.1) is 5.10 Å². The Morgan fingerprint density at radius 2 is 1.17 bits per heavy atom. The lowest BCUT2D eigenvalue weighted by molar-refractivity contribution is 0.0719. The van der Waals surface area contributed by atoms with Gasteiger partial charge in [0.1, 0.15) is 27.5 Å². The molecule has 1 heterocycles. The first-order chi connectivity index (χ1) is 25.5. The van der Waals surface area contributed by atoms with Crippen molar-refractivity contribution < 1.29 is 23.8 Å². The third kappa shape index (κ3) is 9.73. The highest BCUT2D eigenvalue weighted by atomic mass is 79.9. The summed E-state index contributed by atoms with van der Waals surface area (Å²) in [5.41, 5.74) is 4.20. The van der Waals surface area contributed by atoms with Crippen LogP contribution in [0.5, 0.6) is 17.2 Å². The van der Waals surface area contributed by atoms with E-state index in [1.807, 2.05) is 48.6 Å². The van der Waals surface area contributed by atoms with Crippen LogP contribution in [0.25, 0.3) is 16.9 Å². The number of carbonyl (C=O) groups excluding carboxylic acids is 2. The molecule has 0 unspecified atom stereocenters. The average Bonchev–Trinajstić information content (AvgIpc) is 3.86. The number of aromatic nitrogens is 3. The molecular formula is C43H42BrN3O5. The van der Waals surface area contributed by atoms with Gasteiger partial charge in [-0.3, -0.25) is 0 Å². The van der Waals surface area contributed by atoms with Crippen LogP contribution in [0.1, 0.15) is 90.5 Å². The van der Waals surface area contributed by atoms with E-state index in [0.29, 0.717) is 39.5 Å². The Morgan fingerprint density at radius 3 is 1.75 bits per heavy atom. The molecule has 1 aliphatic carbocycles. The standard InChI is InChI=1S/C43H42BrN3O5/c1-2-3-4-5-6-7-8-11-30-50-37-24-22-36(23-25-37)47-41(44)40(45-46-47)33-16-20-35(21-17-33)43(49)52-39-28-26-38(27-29-39)51-42(48)34-18-14-32(15-19-34)31-12-9-10-13-31/h9-10,12-29,31H,2-8,11,30H2,1H3. The molecule has 0 atom stereocenters. The maximum atomic E-state index is 12.9. The Hall–Kier alpha value is -5.28. The zero-order chi connectivity index (χ0) is 36.1. The van der Waals surface area contributed by atoms with E-state index < -0.39 is 11.9 Å². The van der Waals surface area contributed by atoms with Crippen LogP contribution in [0, 0.1) is 0 Å². The third-order valence-corrected chi connectivity index (χ3v) is 9.59. The molecule has 0 aliphatic heterocycles. The maximum absolute atomic E-state index is 12.9. The number of hydrogen-bond donors (Lipinski definition) is 0. The van der Waals surface area contributed by atoms with Crippen LogP contribution in [0.15, 0.2) is 126 Å². The van der Waals surface area contributed by atoms with E-state index in [4.69, 9.17) is 14.2 Å². The van der Waals surface area contributed by atoms with Crippen molar-refractivity contribution in [2.75, 3.05) is 6.61 Å². The van der Waals surface area contributed by atoms with E-state index in [2.05, 4.69) is 45.3 Å². The van der Waals surface area contributed by atoms with Crippen LogP contribution in [0.4, 0.5) is 0 Å². The lowest BCUT2D eigenvalue weighted by Gasteiger charge is -2.09. The minimum absolute atomic E-state index is 0.229. The minimum Gasteiger partial charge on any atom is -0.494 e. The molecule has 0 spiro atoms. The molecule has 1 aromatic heterocycles. The van der Waals surface area contributed by atoms with Gasteiger partial charge in [0.2, 0.25) is 0 Å². The lowest BCUT2D eigenvalue weighted by Crippen LogP contribution is -2.09. The summed E-state index contributed by atoms with van der Waals surface area (Å²) in [6, 6.07) is 28.5. The first-order valence-electron chi connectivity index (χ1n) is 17.9. The van der Waals surface area contributed by atoms with Gasteiger partial charge in [-0.1, -0.05) is 106 Å². The van der Waals surface area contributed by atoms with Crippen LogP contribution in [0.3, 0.4) is 0 Å². The van der Waals surface area contributed by atoms with Gasteiger partial charge in [-0.2, -0.15) is 0 Å². The van der Waals surface area contributed by atoms with Gasteiger partial charge in [0.25, 0.3) is 0 Å². The SMILES string of the molecule is CCCCCCCCCCOc1ccc(-n2nnc(-c3ccc(C(=O)Oc4ccc(OC(=O)c5ccc(C6C=CC=C6)cc5)cc4)cc3)c2Br)cc1. The third-order valence-electron chi connectivity index (χ3n) is 8.88. The predicted octanol–water partition coefficient (Wildman–Crippen LogP) is 10.9. The van der Waals surface area contributed by atoms with E-state index in [-0.39, 0.29) is 5.92 Å². The molecule has 0 amide bonds. The van der Waals surface area contributed by atoms with Crippen molar-refractivity contribution in [1.82, 2.24) is 15.0 Å². The highest BCUT2D eigenvalue weighted by molar-refractivity contribution is 9.10. The monoisotopic (exact) mass is 759 g/mol. The Kier molecular flexibility index (Phi) is 12.8. The number of benzene rings is 4. The Morgan fingerprint density at radius 1 is 0.654 bits per heavy atom. The van der Waals surface area contributed by atoms with Crippen molar-refractivity contribution in [3.63, 3.8) is 0 Å². The Bertz CT molecular complexity index is 1970. The quantitative estimate of drug-likeness (QED) is 0.0529. The highest BCUT2D eigenvalue weighted by Gasteiger charge is 2.16. The molecule has 8 nitrogen and oxygen atoms in total. The normalized spacial score (nSPS) is 12.3. The van der Waals surface area contributed by atoms with Crippen molar-refractivity contribution in [3.05, 3.63) is 143 Å². The number of halogens is 1. The summed E-state index contributed by atoms with van der Waals surface area (Å²) in [5.74, 6) is 0.746. The number of rotatable bonds is 17. The fourth-order valence-corrected chi connectivity index (χ4v) is 6.47. The van der Waals surface area contributed by atoms with Gasteiger partial charge in [-0.25, -0.2) is 14.3 Å². The van der Waals surface area contributed by atoms with Crippen molar-refractivity contribution in [1.29, 1.82) is 0 Å². The fraction of sp³-hybridized carbons (Fsp3) is 0.256. The van der Waals surface area contributed by atoms with Crippen molar-refractivity contribution >= 4 is 27.9 Å². The molecule has 0 N–H and O–H groups in total. The van der Waals surface area contributed by atoms with E-state index in [1.165, 1.54) is 44.9 Å². The summed E-state index contributed by atoms with van der Waals surface area (Å²) < 4.78 is 19.4. The fourth-order valence-electron chi connectivity index (χ4n) is 5.89. The van der Waals surface area contributed by atoms with Gasteiger partial charge in [0, 0.05) is 11.5 Å². The first kappa shape index (κ1) is 36.5. The van der Waals surface area contributed by atoms with Gasteiger partial charge in [0.15, 0.2) is 0 Å². The molecule has 0 saturated carbocycles. The molecule has 5 aromatic rings. The number of carbonyl (C=O) groups is 2. The predicted molar refractivity (Wildman–Crippen MR) is 206 cm³/mol. The van der Waals surface area contributed by atoms with Gasteiger partial charge in [0.05, 0.1) is 23.4 Å². The zero-order valence-electron chi connectivity index (χ0n) is 29.2. The summed E-state index contributed by atoms with van der Waals surface area (Å²) in [7, 11) is 0. The van der Waals surface area contributed by atoms with E-state index in [0.717, 1.165) is 29.0 Å². The summed E-state index contributed by atoms with van der Waals surface area (Å²) in [6.45, 7) is 2.96. The molecular weight excluding hydrogens is 718 g/mol. The summed E-state index contributed by atoms with van der Waals surface area (Å²) in [5, 5.41) is 8.71. The summed E-state index contributed by atoms with van der Waals surface area (Å²) in [6.07, 6.45) is 18.4. The summed E-state index contributed by atoms with van der Waals surface area (Å²) >= 11 is 3.65. The maximum Gasteiger partial charge on any atom is 0.343 e. The van der Waals surface area contributed by atoms with Crippen LogP contribution in [0.2, 0.25) is 0 Å². The minimum atomic E-state index is -0.518. The Balaban J connectivity index is 0.970. The molecule has 1 aliphatic rings. The molecule has 0 fully saturated rings. The van der Waals surface area contributed by atoms with Crippen molar-refractivity contribution in [3.8, 4) is 34.2 Å². The number of ether oxygens (including phenoxy) is 3. The summed E-state index contributed by atoms with van der Waals surface area (Å²) in [4.78, 5) is 25.6. The van der Waals surface area contributed by atoms with Crippen LogP contribution in [-0.2, 0) is 0 Å². The molecule has 6 rings (SSSR count). The molecule has 0 radical (unpaired) electrons. The van der Waals surface area contributed by atoms with E-state index in [1.54, 1.807) is 65.3 Å². The topological polar surface area (TPSA) is 92.5 Å². The second-order valence-electron chi connectivity index (χ2n) is 12.7. The zero-order valence-corrected chi connectivity index (χ0v) is 30.8. The number of esters is 2. The van der Waals surface area contributed by atoms with Gasteiger partial charge < -0.3 is 14.2 Å². The largest absolute Gasteiger partial charge is 0.494 e. The number of hydrogen-bond acceptors (Lipinski definition) is 7. The smallest absolute Gasteiger partial charge is 0.343 e. The second kappa shape index (κ2) is 18.3. The van der Waals surface area contributed by atoms with Gasteiger partial charge in [-0.05, 0) is 101 Å². The molecule has 52 heavy (non-hydrogen) atoms. The molecule has 0 saturated heterocycles.